The number of nitrogens with zero attached hydrogens (tertiary/aromatic N) is 3. The van der Waals surface area contributed by atoms with Gasteiger partial charge in [-0.2, -0.15) is 0 Å². The van der Waals surface area contributed by atoms with E-state index in [2.05, 4.69) is 44.7 Å². The molecule has 0 saturated carbocycles. The van der Waals surface area contributed by atoms with Crippen LogP contribution >= 0.6 is 27.3 Å². The number of hydrogen-bond donors (Lipinski definition) is 1. The molecule has 2 heterocycles. The molecule has 4 nitrogen and oxygen atoms in total. The zero-order chi connectivity index (χ0) is 13.3. The van der Waals surface area contributed by atoms with Crippen molar-refractivity contribution in [2.24, 2.45) is 0 Å². The highest BCUT2D eigenvalue weighted by molar-refractivity contribution is 9.10. The van der Waals surface area contributed by atoms with Gasteiger partial charge in [0.05, 0.1) is 27.3 Å². The number of anilines is 1. The van der Waals surface area contributed by atoms with Crippen LogP contribution in [0.5, 0.6) is 0 Å². The Hall–Kier alpha value is -1.01. The number of aryl methyl sites for hydroxylation is 1. The maximum absolute atomic E-state index is 5.90. The molecule has 0 fully saturated rings. The molecular weight excluding hydrogens is 312 g/mol. The van der Waals surface area contributed by atoms with Gasteiger partial charge in [-0.3, -0.25) is 0 Å². The van der Waals surface area contributed by atoms with Gasteiger partial charge >= 0.3 is 0 Å². The molecule has 18 heavy (non-hydrogen) atoms. The minimum Gasteiger partial charge on any atom is -0.383 e. The van der Waals surface area contributed by atoms with Crippen LogP contribution in [0.4, 0.5) is 5.82 Å². The van der Waals surface area contributed by atoms with E-state index in [-0.39, 0.29) is 0 Å². The van der Waals surface area contributed by atoms with E-state index in [1.165, 1.54) is 0 Å². The molecule has 2 aromatic heterocycles. The molecule has 6 heteroatoms. The monoisotopic (exact) mass is 326 g/mol. The summed E-state index contributed by atoms with van der Waals surface area (Å²) in [5.74, 6) is 1.53. The molecule has 0 atom stereocenters. The fourth-order valence-electron chi connectivity index (χ4n) is 1.65. The van der Waals surface area contributed by atoms with Crippen LogP contribution < -0.4 is 5.73 Å². The van der Waals surface area contributed by atoms with Crippen LogP contribution in [0.2, 0.25) is 0 Å². The van der Waals surface area contributed by atoms with Crippen molar-refractivity contribution < 1.29 is 0 Å². The third-order valence-electron chi connectivity index (χ3n) is 2.50. The van der Waals surface area contributed by atoms with Gasteiger partial charge < -0.3 is 5.73 Å². The first-order valence-electron chi connectivity index (χ1n) is 5.70. The van der Waals surface area contributed by atoms with Crippen LogP contribution in [0.25, 0.3) is 0 Å². The average Bonchev–Trinajstić information content (AvgIpc) is 2.68. The molecule has 0 amide bonds. The third kappa shape index (κ3) is 2.87. The number of hydrogen-bond acceptors (Lipinski definition) is 5. The molecular formula is C12H15BrN4S. The average molecular weight is 327 g/mol. The van der Waals surface area contributed by atoms with E-state index in [0.717, 1.165) is 26.7 Å². The minimum atomic E-state index is 0.306. The maximum Gasteiger partial charge on any atom is 0.141 e. The Kier molecular flexibility index (Phi) is 3.97. The normalized spacial score (nSPS) is 11.2. The lowest BCUT2D eigenvalue weighted by Gasteiger charge is -2.10. The van der Waals surface area contributed by atoms with E-state index in [1.807, 2.05) is 12.3 Å². The number of nitrogens with two attached hydrogens (primary N) is 1. The Bertz CT molecular complexity index is 565. The van der Waals surface area contributed by atoms with Crippen molar-refractivity contribution in [3.8, 4) is 0 Å². The molecule has 2 aromatic rings. The van der Waals surface area contributed by atoms with Gasteiger partial charge in [0.2, 0.25) is 0 Å². The first kappa shape index (κ1) is 13.4. The summed E-state index contributed by atoms with van der Waals surface area (Å²) < 4.78 is 0.802. The zero-order valence-electron chi connectivity index (χ0n) is 10.6. The number of thiazole rings is 1. The quantitative estimate of drug-likeness (QED) is 0.939. The summed E-state index contributed by atoms with van der Waals surface area (Å²) in [7, 11) is 0. The van der Waals surface area contributed by atoms with Crippen molar-refractivity contribution in [2.45, 2.75) is 33.1 Å². The molecule has 0 saturated heterocycles. The lowest BCUT2D eigenvalue weighted by molar-refractivity contribution is 0.784. The predicted molar refractivity (Wildman–Crippen MR) is 77.9 cm³/mol. The number of halogens is 1. The van der Waals surface area contributed by atoms with Crippen LogP contribution in [-0.4, -0.2) is 15.0 Å². The molecule has 2 rings (SSSR count). The second kappa shape index (κ2) is 5.32. The molecule has 0 aliphatic rings. The van der Waals surface area contributed by atoms with Gasteiger partial charge in [0.25, 0.3) is 0 Å². The van der Waals surface area contributed by atoms with Crippen molar-refractivity contribution in [3.05, 3.63) is 32.1 Å². The molecule has 0 spiro atoms. The van der Waals surface area contributed by atoms with Gasteiger partial charge in [0, 0.05) is 5.38 Å². The smallest absolute Gasteiger partial charge is 0.141 e. The van der Waals surface area contributed by atoms with Gasteiger partial charge in [0.15, 0.2) is 0 Å². The lowest BCUT2D eigenvalue weighted by atomic mass is 10.1. The maximum atomic E-state index is 5.90. The Balaban J connectivity index is 2.34. The summed E-state index contributed by atoms with van der Waals surface area (Å²) in [4.78, 5) is 13.3. The highest BCUT2D eigenvalue weighted by atomic mass is 79.9. The fraction of sp³-hybridized carbons (Fsp3) is 0.417. The van der Waals surface area contributed by atoms with Crippen LogP contribution in [0.1, 0.15) is 42.0 Å². The van der Waals surface area contributed by atoms with Gasteiger partial charge in [0.1, 0.15) is 11.6 Å². The molecule has 0 unspecified atom stereocenters. The topological polar surface area (TPSA) is 64.7 Å². The second-order valence-corrected chi connectivity index (χ2v) is 6.27. The van der Waals surface area contributed by atoms with Crippen molar-refractivity contribution in [1.82, 2.24) is 15.0 Å². The molecule has 0 radical (unpaired) electrons. The summed E-state index contributed by atoms with van der Waals surface area (Å²) >= 11 is 5.08. The standard InChI is InChI=1S/C12H15BrN4S/c1-6(2)11-10(13)12(14)17-9(16-11)4-8-5-18-7(3)15-8/h5-6H,4H2,1-3H3,(H2,14,16,17). The van der Waals surface area contributed by atoms with Gasteiger partial charge in [-0.1, -0.05) is 13.8 Å². The Morgan fingerprint density at radius 2 is 2.06 bits per heavy atom. The Morgan fingerprint density at radius 1 is 1.33 bits per heavy atom. The van der Waals surface area contributed by atoms with Crippen LogP contribution in [-0.2, 0) is 6.42 Å². The van der Waals surface area contributed by atoms with Gasteiger partial charge in [-0.15, -0.1) is 11.3 Å². The summed E-state index contributed by atoms with van der Waals surface area (Å²) in [6.07, 6.45) is 0.627. The Labute approximate surface area is 119 Å². The van der Waals surface area contributed by atoms with E-state index in [1.54, 1.807) is 11.3 Å². The second-order valence-electron chi connectivity index (χ2n) is 4.41. The molecule has 0 aliphatic carbocycles. The largest absolute Gasteiger partial charge is 0.383 e. The van der Waals surface area contributed by atoms with Crippen molar-refractivity contribution >= 4 is 33.1 Å². The highest BCUT2D eigenvalue weighted by Gasteiger charge is 2.14. The number of aromatic nitrogens is 3. The van der Waals surface area contributed by atoms with Crippen molar-refractivity contribution in [1.29, 1.82) is 0 Å². The molecule has 2 N–H and O–H groups in total. The van der Waals surface area contributed by atoms with E-state index in [0.29, 0.717) is 18.2 Å². The van der Waals surface area contributed by atoms with E-state index >= 15 is 0 Å². The molecule has 96 valence electrons. The van der Waals surface area contributed by atoms with E-state index < -0.39 is 0 Å². The summed E-state index contributed by atoms with van der Waals surface area (Å²) in [6, 6.07) is 0. The highest BCUT2D eigenvalue weighted by Crippen LogP contribution is 2.27. The summed E-state index contributed by atoms with van der Waals surface area (Å²) in [6.45, 7) is 6.16. The fourth-order valence-corrected chi connectivity index (χ4v) is 2.89. The van der Waals surface area contributed by atoms with Crippen molar-refractivity contribution in [2.75, 3.05) is 5.73 Å². The van der Waals surface area contributed by atoms with Gasteiger partial charge in [-0.05, 0) is 28.8 Å². The van der Waals surface area contributed by atoms with Crippen LogP contribution in [0.3, 0.4) is 0 Å². The SMILES string of the molecule is Cc1nc(Cc2nc(N)c(Br)c(C(C)C)n2)cs1. The van der Waals surface area contributed by atoms with E-state index in [4.69, 9.17) is 5.73 Å². The third-order valence-corrected chi connectivity index (χ3v) is 4.14. The van der Waals surface area contributed by atoms with Gasteiger partial charge in [-0.25, -0.2) is 15.0 Å². The lowest BCUT2D eigenvalue weighted by Crippen LogP contribution is -2.07. The molecule has 0 aromatic carbocycles. The van der Waals surface area contributed by atoms with E-state index in [9.17, 15) is 0 Å². The van der Waals surface area contributed by atoms with Crippen LogP contribution in [0.15, 0.2) is 9.85 Å². The molecule has 0 aliphatic heterocycles. The minimum absolute atomic E-state index is 0.306. The molecule has 0 bridgehead atoms. The Morgan fingerprint density at radius 3 is 2.61 bits per heavy atom. The first-order chi connectivity index (χ1) is 8.47. The predicted octanol–water partition coefficient (Wildman–Crippen LogP) is 3.30. The zero-order valence-corrected chi connectivity index (χ0v) is 13.0. The number of nitrogen functional groups attached to an aromatic ring is 1. The number of rotatable bonds is 3. The first-order valence-corrected chi connectivity index (χ1v) is 7.37. The van der Waals surface area contributed by atoms with Crippen LogP contribution in [0, 0.1) is 6.92 Å². The summed E-state index contributed by atoms with van der Waals surface area (Å²) in [5.41, 5.74) is 7.85. The van der Waals surface area contributed by atoms with Crippen molar-refractivity contribution in [3.63, 3.8) is 0 Å². The summed E-state index contributed by atoms with van der Waals surface area (Å²) in [5, 5.41) is 3.09.